The molecule has 4 nitrogen and oxygen atoms in total. The highest BCUT2D eigenvalue weighted by atomic mass is 79.9. The molecule has 110 valence electrons. The fraction of sp³-hybridized carbons (Fsp3) is 0.600. The molecule has 0 radical (unpaired) electrons. The van der Waals surface area contributed by atoms with E-state index >= 15 is 0 Å². The first-order valence-corrected chi connectivity index (χ1v) is 7.95. The van der Waals surface area contributed by atoms with E-state index < -0.39 is 0 Å². The molecule has 1 aliphatic carbocycles. The summed E-state index contributed by atoms with van der Waals surface area (Å²) in [4.78, 5) is 10.6. The van der Waals surface area contributed by atoms with Crippen molar-refractivity contribution in [3.8, 4) is 0 Å². The van der Waals surface area contributed by atoms with Crippen molar-refractivity contribution in [1.29, 1.82) is 0 Å². The Balaban J connectivity index is 2.21. The van der Waals surface area contributed by atoms with E-state index in [0.29, 0.717) is 16.8 Å². The maximum Gasteiger partial charge on any atom is 0.283 e. The van der Waals surface area contributed by atoms with E-state index in [-0.39, 0.29) is 16.1 Å². The van der Waals surface area contributed by atoms with E-state index in [0.717, 1.165) is 31.2 Å². The molecule has 0 aliphatic heterocycles. The Morgan fingerprint density at radius 2 is 2.30 bits per heavy atom. The van der Waals surface area contributed by atoms with Crippen LogP contribution in [0.15, 0.2) is 22.7 Å². The first-order chi connectivity index (χ1) is 9.45. The summed E-state index contributed by atoms with van der Waals surface area (Å²) in [5.41, 5.74) is 7.40. The van der Waals surface area contributed by atoms with Crippen LogP contribution in [0.3, 0.4) is 0 Å². The third kappa shape index (κ3) is 3.38. The van der Waals surface area contributed by atoms with Crippen molar-refractivity contribution >= 4 is 21.6 Å². The van der Waals surface area contributed by atoms with Gasteiger partial charge in [-0.25, -0.2) is 0 Å². The summed E-state index contributed by atoms with van der Waals surface area (Å²) in [6.07, 6.45) is 6.28. The predicted octanol–water partition coefficient (Wildman–Crippen LogP) is 4.20. The number of nitrogens with two attached hydrogens (primary N) is 1. The lowest BCUT2D eigenvalue weighted by Gasteiger charge is -2.38. The van der Waals surface area contributed by atoms with Gasteiger partial charge in [0.2, 0.25) is 0 Å². The maximum atomic E-state index is 11.0. The van der Waals surface area contributed by atoms with Gasteiger partial charge >= 0.3 is 0 Å². The maximum absolute atomic E-state index is 11.0. The average molecular weight is 341 g/mol. The molecule has 0 aromatic heterocycles. The van der Waals surface area contributed by atoms with Crippen molar-refractivity contribution in [2.75, 3.05) is 0 Å². The molecule has 5 heteroatoms. The second-order valence-electron chi connectivity index (χ2n) is 5.92. The zero-order valence-electron chi connectivity index (χ0n) is 11.8. The van der Waals surface area contributed by atoms with Crippen molar-refractivity contribution in [2.45, 2.75) is 51.0 Å². The van der Waals surface area contributed by atoms with Gasteiger partial charge in [-0.05, 0) is 46.7 Å². The Kier molecular flexibility index (Phi) is 4.81. The summed E-state index contributed by atoms with van der Waals surface area (Å²) in [6.45, 7) is 2.21. The zero-order valence-corrected chi connectivity index (χ0v) is 13.4. The number of hydrogen-bond donors (Lipinski definition) is 1. The molecule has 1 saturated carbocycles. The Hall–Kier alpha value is -0.940. The van der Waals surface area contributed by atoms with E-state index in [2.05, 4.69) is 22.9 Å². The molecule has 2 unspecified atom stereocenters. The van der Waals surface area contributed by atoms with Gasteiger partial charge in [0.15, 0.2) is 0 Å². The lowest BCUT2D eigenvalue weighted by Crippen LogP contribution is -2.46. The summed E-state index contributed by atoms with van der Waals surface area (Å²) in [5, 5.41) is 11.0. The Bertz CT molecular complexity index is 507. The lowest BCUT2D eigenvalue weighted by atomic mass is 9.72. The second kappa shape index (κ2) is 6.22. The normalized spacial score (nSPS) is 26.4. The number of nitro benzene ring substituents is 1. The van der Waals surface area contributed by atoms with Gasteiger partial charge in [-0.1, -0.05) is 38.3 Å². The number of rotatable bonds is 4. The van der Waals surface area contributed by atoms with Crippen LogP contribution in [-0.4, -0.2) is 10.5 Å². The molecule has 1 aliphatic rings. The van der Waals surface area contributed by atoms with Gasteiger partial charge in [-0.3, -0.25) is 10.1 Å². The molecule has 0 heterocycles. The highest BCUT2D eigenvalue weighted by Crippen LogP contribution is 2.37. The van der Waals surface area contributed by atoms with Crippen LogP contribution in [0.4, 0.5) is 5.69 Å². The summed E-state index contributed by atoms with van der Waals surface area (Å²) in [7, 11) is 0. The van der Waals surface area contributed by atoms with Gasteiger partial charge < -0.3 is 5.73 Å². The highest BCUT2D eigenvalue weighted by Gasteiger charge is 2.33. The molecule has 1 fully saturated rings. The van der Waals surface area contributed by atoms with E-state index in [1.165, 1.54) is 12.5 Å². The van der Waals surface area contributed by atoms with Gasteiger partial charge in [0.1, 0.15) is 0 Å². The summed E-state index contributed by atoms with van der Waals surface area (Å²) in [5.74, 6) is 0.686. The molecule has 1 aromatic rings. The number of hydrogen-bond acceptors (Lipinski definition) is 3. The molecule has 0 amide bonds. The topological polar surface area (TPSA) is 69.2 Å². The monoisotopic (exact) mass is 340 g/mol. The van der Waals surface area contributed by atoms with Crippen molar-refractivity contribution in [3.63, 3.8) is 0 Å². The largest absolute Gasteiger partial charge is 0.325 e. The molecule has 2 rings (SSSR count). The SMILES string of the molecule is CCC1CCCC(N)(Cc2cccc([N+](=O)[O-])c2Br)C1. The summed E-state index contributed by atoms with van der Waals surface area (Å²) < 4.78 is 0.577. The van der Waals surface area contributed by atoms with Crippen molar-refractivity contribution < 1.29 is 4.92 Å². The third-order valence-corrected chi connectivity index (χ3v) is 5.27. The average Bonchev–Trinajstić information content (AvgIpc) is 2.40. The van der Waals surface area contributed by atoms with Crippen molar-refractivity contribution in [1.82, 2.24) is 0 Å². The number of benzene rings is 1. The minimum Gasteiger partial charge on any atom is -0.325 e. The molecule has 2 atom stereocenters. The summed E-state index contributed by atoms with van der Waals surface area (Å²) in [6, 6.07) is 5.19. The van der Waals surface area contributed by atoms with Gasteiger partial charge in [-0.15, -0.1) is 0 Å². The molecule has 2 N–H and O–H groups in total. The fourth-order valence-electron chi connectivity index (χ4n) is 3.25. The Morgan fingerprint density at radius 3 is 2.95 bits per heavy atom. The van der Waals surface area contributed by atoms with E-state index in [4.69, 9.17) is 5.73 Å². The van der Waals surface area contributed by atoms with E-state index in [1.54, 1.807) is 6.07 Å². The van der Waals surface area contributed by atoms with Crippen LogP contribution >= 0.6 is 15.9 Å². The number of halogens is 1. The first-order valence-electron chi connectivity index (χ1n) is 7.16. The molecule has 20 heavy (non-hydrogen) atoms. The zero-order chi connectivity index (χ0) is 14.8. The van der Waals surface area contributed by atoms with Crippen LogP contribution in [-0.2, 0) is 6.42 Å². The van der Waals surface area contributed by atoms with Crippen molar-refractivity contribution in [2.24, 2.45) is 11.7 Å². The molecule has 1 aromatic carbocycles. The summed E-state index contributed by atoms with van der Waals surface area (Å²) >= 11 is 3.37. The second-order valence-corrected chi connectivity index (χ2v) is 6.71. The van der Waals surface area contributed by atoms with Crippen LogP contribution in [0.2, 0.25) is 0 Å². The quantitative estimate of drug-likeness (QED) is 0.659. The van der Waals surface area contributed by atoms with E-state index in [9.17, 15) is 10.1 Å². The first kappa shape index (κ1) is 15.4. The van der Waals surface area contributed by atoms with Gasteiger partial charge in [0.25, 0.3) is 5.69 Å². The van der Waals surface area contributed by atoms with Crippen LogP contribution in [0.1, 0.15) is 44.6 Å². The molecular formula is C15H21BrN2O2. The minimum atomic E-state index is -0.355. The van der Waals surface area contributed by atoms with Crippen LogP contribution < -0.4 is 5.73 Å². The minimum absolute atomic E-state index is 0.119. The van der Waals surface area contributed by atoms with E-state index in [1.807, 2.05) is 6.07 Å². The Labute approximate surface area is 128 Å². The third-order valence-electron chi connectivity index (χ3n) is 4.36. The van der Waals surface area contributed by atoms with Gasteiger partial charge in [0, 0.05) is 11.6 Å². The number of nitro groups is 1. The van der Waals surface area contributed by atoms with Crippen LogP contribution in [0, 0.1) is 16.0 Å². The standard InChI is InChI=1S/C15H21BrN2O2/c1-2-11-5-4-8-15(17,9-11)10-12-6-3-7-13(14(12)16)18(19)20/h3,6-7,11H,2,4-5,8-10,17H2,1H3. The Morgan fingerprint density at radius 1 is 1.55 bits per heavy atom. The highest BCUT2D eigenvalue weighted by molar-refractivity contribution is 9.10. The van der Waals surface area contributed by atoms with Crippen LogP contribution in [0.5, 0.6) is 0 Å². The molecule has 0 bridgehead atoms. The smallest absolute Gasteiger partial charge is 0.283 e. The number of nitrogens with zero attached hydrogens (tertiary/aromatic N) is 1. The lowest BCUT2D eigenvalue weighted by molar-refractivity contribution is -0.385. The molecule has 0 saturated heterocycles. The predicted molar refractivity (Wildman–Crippen MR) is 83.7 cm³/mol. The molecule has 0 spiro atoms. The fourth-order valence-corrected chi connectivity index (χ4v) is 3.80. The molecular weight excluding hydrogens is 320 g/mol. The van der Waals surface area contributed by atoms with Crippen molar-refractivity contribution in [3.05, 3.63) is 38.3 Å². The van der Waals surface area contributed by atoms with Gasteiger partial charge in [0.05, 0.1) is 9.40 Å². The van der Waals surface area contributed by atoms with Gasteiger partial charge in [-0.2, -0.15) is 0 Å². The van der Waals surface area contributed by atoms with Crippen LogP contribution in [0.25, 0.3) is 0 Å².